The van der Waals surface area contributed by atoms with Gasteiger partial charge < -0.3 is 5.32 Å². The molecule has 2 aromatic carbocycles. The molecule has 0 saturated heterocycles. The average Bonchev–Trinajstić information content (AvgIpc) is 2.45. The molecule has 0 heterocycles. The third-order valence-corrected chi connectivity index (χ3v) is 3.07. The van der Waals surface area contributed by atoms with Gasteiger partial charge in [-0.3, -0.25) is 4.79 Å². The van der Waals surface area contributed by atoms with Crippen molar-refractivity contribution in [2.75, 3.05) is 0 Å². The first kappa shape index (κ1) is 14.1. The highest BCUT2D eigenvalue weighted by atomic mass is 19.2. The minimum atomic E-state index is -1.48. The van der Waals surface area contributed by atoms with Crippen LogP contribution in [0.15, 0.2) is 36.4 Å². The highest BCUT2D eigenvalue weighted by molar-refractivity contribution is 5.64. The van der Waals surface area contributed by atoms with Crippen LogP contribution >= 0.6 is 0 Å². The van der Waals surface area contributed by atoms with Crippen molar-refractivity contribution in [2.24, 2.45) is 0 Å². The van der Waals surface area contributed by atoms with E-state index in [9.17, 15) is 18.0 Å². The summed E-state index contributed by atoms with van der Waals surface area (Å²) in [5.41, 5.74) is 1.25. The lowest BCUT2D eigenvalue weighted by molar-refractivity contribution is -0.110. The zero-order valence-electron chi connectivity index (χ0n) is 10.7. The van der Waals surface area contributed by atoms with Gasteiger partial charge in [0.15, 0.2) is 17.5 Å². The van der Waals surface area contributed by atoms with Crippen LogP contribution in [0.4, 0.5) is 13.2 Å². The Morgan fingerprint density at radius 3 is 2.25 bits per heavy atom. The number of hydrogen-bond acceptors (Lipinski definition) is 1. The predicted molar refractivity (Wildman–Crippen MR) is 69.4 cm³/mol. The SMILES string of the molecule is CC(NC=O)c1ccc(-c2ccc(F)c(F)c2F)cc1. The summed E-state index contributed by atoms with van der Waals surface area (Å²) in [4.78, 5) is 10.4. The first-order valence-electron chi connectivity index (χ1n) is 5.98. The van der Waals surface area contributed by atoms with Gasteiger partial charge in [-0.15, -0.1) is 0 Å². The molecule has 0 fully saturated rings. The number of halogens is 3. The van der Waals surface area contributed by atoms with E-state index >= 15 is 0 Å². The number of nitrogens with one attached hydrogen (secondary N) is 1. The van der Waals surface area contributed by atoms with Crippen molar-refractivity contribution in [1.29, 1.82) is 0 Å². The standard InChI is InChI=1S/C15H12F3NO/c1-9(19-8-20)10-2-4-11(5-3-10)12-6-7-13(16)15(18)14(12)17/h2-9H,1H3,(H,19,20). The summed E-state index contributed by atoms with van der Waals surface area (Å²) < 4.78 is 39.7. The van der Waals surface area contributed by atoms with Gasteiger partial charge in [0.2, 0.25) is 6.41 Å². The van der Waals surface area contributed by atoms with Crippen LogP contribution < -0.4 is 5.32 Å². The molecule has 0 aliphatic heterocycles. The van der Waals surface area contributed by atoms with Gasteiger partial charge in [-0.2, -0.15) is 0 Å². The zero-order chi connectivity index (χ0) is 14.7. The Morgan fingerprint density at radius 1 is 1.00 bits per heavy atom. The normalized spacial score (nSPS) is 12.0. The molecule has 2 rings (SSSR count). The summed E-state index contributed by atoms with van der Waals surface area (Å²) in [6, 6.07) is 8.46. The van der Waals surface area contributed by atoms with Crippen molar-refractivity contribution in [1.82, 2.24) is 5.32 Å². The highest BCUT2D eigenvalue weighted by Gasteiger charge is 2.14. The molecule has 20 heavy (non-hydrogen) atoms. The van der Waals surface area contributed by atoms with E-state index in [4.69, 9.17) is 0 Å². The van der Waals surface area contributed by atoms with Gasteiger partial charge in [-0.05, 0) is 30.2 Å². The Labute approximate surface area is 114 Å². The van der Waals surface area contributed by atoms with E-state index < -0.39 is 17.5 Å². The first-order valence-corrected chi connectivity index (χ1v) is 5.98. The minimum Gasteiger partial charge on any atom is -0.352 e. The molecule has 0 radical (unpaired) electrons. The maximum atomic E-state index is 13.7. The largest absolute Gasteiger partial charge is 0.352 e. The fourth-order valence-electron chi connectivity index (χ4n) is 1.90. The van der Waals surface area contributed by atoms with Crippen LogP contribution in [-0.2, 0) is 4.79 Å². The van der Waals surface area contributed by atoms with Crippen molar-refractivity contribution >= 4 is 6.41 Å². The maximum absolute atomic E-state index is 13.7. The fourth-order valence-corrected chi connectivity index (χ4v) is 1.90. The second-order valence-electron chi connectivity index (χ2n) is 4.35. The van der Waals surface area contributed by atoms with E-state index in [-0.39, 0.29) is 11.6 Å². The van der Waals surface area contributed by atoms with Gasteiger partial charge in [0.25, 0.3) is 0 Å². The lowest BCUT2D eigenvalue weighted by Crippen LogP contribution is -2.15. The Bertz CT molecular complexity index is 626. The molecule has 0 spiro atoms. The zero-order valence-corrected chi connectivity index (χ0v) is 10.7. The summed E-state index contributed by atoms with van der Waals surface area (Å²) in [5.74, 6) is -3.91. The summed E-state index contributed by atoms with van der Waals surface area (Å²) in [6.45, 7) is 1.79. The maximum Gasteiger partial charge on any atom is 0.207 e. The Kier molecular flexibility index (Phi) is 4.08. The Balaban J connectivity index is 2.35. The monoisotopic (exact) mass is 279 g/mol. The molecule has 2 nitrogen and oxygen atoms in total. The van der Waals surface area contributed by atoms with Crippen LogP contribution in [0.3, 0.4) is 0 Å². The number of rotatable bonds is 4. The van der Waals surface area contributed by atoms with Crippen LogP contribution in [0.2, 0.25) is 0 Å². The van der Waals surface area contributed by atoms with Gasteiger partial charge in [0.1, 0.15) is 0 Å². The number of carbonyl (C=O) groups excluding carboxylic acids is 1. The number of carbonyl (C=O) groups is 1. The molecule has 2 aromatic rings. The van der Waals surface area contributed by atoms with Crippen LogP contribution in [0.25, 0.3) is 11.1 Å². The van der Waals surface area contributed by atoms with Crippen molar-refractivity contribution < 1.29 is 18.0 Å². The summed E-state index contributed by atoms with van der Waals surface area (Å²) in [6.07, 6.45) is 0.591. The second kappa shape index (κ2) is 5.77. The number of benzene rings is 2. The molecule has 1 N–H and O–H groups in total. The van der Waals surface area contributed by atoms with Crippen molar-refractivity contribution in [2.45, 2.75) is 13.0 Å². The average molecular weight is 279 g/mol. The van der Waals surface area contributed by atoms with E-state index in [0.29, 0.717) is 12.0 Å². The van der Waals surface area contributed by atoms with Gasteiger partial charge in [0, 0.05) is 5.56 Å². The lowest BCUT2D eigenvalue weighted by Gasteiger charge is -2.11. The van der Waals surface area contributed by atoms with E-state index in [1.165, 1.54) is 6.07 Å². The van der Waals surface area contributed by atoms with Gasteiger partial charge in [-0.1, -0.05) is 24.3 Å². The van der Waals surface area contributed by atoms with E-state index in [2.05, 4.69) is 5.32 Å². The van der Waals surface area contributed by atoms with E-state index in [1.54, 1.807) is 31.2 Å². The van der Waals surface area contributed by atoms with Crippen LogP contribution in [0.1, 0.15) is 18.5 Å². The summed E-state index contributed by atoms with van der Waals surface area (Å²) in [5, 5.41) is 2.58. The predicted octanol–water partition coefficient (Wildman–Crippen LogP) is 3.58. The summed E-state index contributed by atoms with van der Waals surface area (Å²) in [7, 11) is 0. The van der Waals surface area contributed by atoms with Crippen molar-refractivity contribution in [3.8, 4) is 11.1 Å². The molecule has 1 amide bonds. The van der Waals surface area contributed by atoms with E-state index in [0.717, 1.165) is 11.6 Å². The molecule has 0 bridgehead atoms. The quantitative estimate of drug-likeness (QED) is 0.672. The Hall–Kier alpha value is -2.30. The van der Waals surface area contributed by atoms with Crippen LogP contribution in [0.5, 0.6) is 0 Å². The molecular weight excluding hydrogens is 267 g/mol. The molecule has 1 atom stereocenters. The molecule has 5 heteroatoms. The highest BCUT2D eigenvalue weighted by Crippen LogP contribution is 2.27. The molecular formula is C15H12F3NO. The summed E-state index contributed by atoms with van der Waals surface area (Å²) >= 11 is 0. The third kappa shape index (κ3) is 2.66. The third-order valence-electron chi connectivity index (χ3n) is 3.07. The molecule has 1 unspecified atom stereocenters. The fraction of sp³-hybridized carbons (Fsp3) is 0.133. The van der Waals surface area contributed by atoms with Gasteiger partial charge in [-0.25, -0.2) is 13.2 Å². The van der Waals surface area contributed by atoms with Crippen molar-refractivity contribution in [3.05, 3.63) is 59.4 Å². The van der Waals surface area contributed by atoms with Gasteiger partial charge in [0.05, 0.1) is 6.04 Å². The van der Waals surface area contributed by atoms with Crippen molar-refractivity contribution in [3.63, 3.8) is 0 Å². The lowest BCUT2D eigenvalue weighted by atomic mass is 10.0. The van der Waals surface area contributed by atoms with E-state index in [1.807, 2.05) is 0 Å². The smallest absolute Gasteiger partial charge is 0.207 e. The second-order valence-corrected chi connectivity index (χ2v) is 4.35. The number of hydrogen-bond donors (Lipinski definition) is 1. The topological polar surface area (TPSA) is 29.1 Å². The van der Waals surface area contributed by atoms with Crippen LogP contribution in [0, 0.1) is 17.5 Å². The molecule has 0 aliphatic carbocycles. The number of amides is 1. The minimum absolute atomic E-state index is 0.00792. The van der Waals surface area contributed by atoms with Gasteiger partial charge >= 0.3 is 0 Å². The first-order chi connectivity index (χ1) is 9.54. The molecule has 0 saturated carbocycles. The molecule has 104 valence electrons. The van der Waals surface area contributed by atoms with Crippen LogP contribution in [-0.4, -0.2) is 6.41 Å². The molecule has 0 aliphatic rings. The Morgan fingerprint density at radius 2 is 1.65 bits per heavy atom. The molecule has 0 aromatic heterocycles.